The first-order chi connectivity index (χ1) is 19.3. The van der Waals surface area contributed by atoms with Gasteiger partial charge >= 0.3 is 0 Å². The lowest BCUT2D eigenvalue weighted by molar-refractivity contribution is -0.119. The van der Waals surface area contributed by atoms with E-state index in [0.717, 1.165) is 17.8 Å². The SMILES string of the molecule is O=C(CC1CCCCCCCC1)N1Cc2ccccc2C2C(N=NN2CC2CCCCCC2)c2ccccc21. The number of carbonyl (C=O) groups excluding carboxylic acids is 1. The van der Waals surface area contributed by atoms with Gasteiger partial charge in [-0.25, -0.2) is 0 Å². The summed E-state index contributed by atoms with van der Waals surface area (Å²) < 4.78 is 0. The smallest absolute Gasteiger partial charge is 0.227 e. The molecule has 5 heteroatoms. The van der Waals surface area contributed by atoms with Crippen molar-refractivity contribution in [1.82, 2.24) is 5.01 Å². The summed E-state index contributed by atoms with van der Waals surface area (Å²) in [7, 11) is 0. The Morgan fingerprint density at radius 1 is 0.718 bits per heavy atom. The number of nitrogens with zero attached hydrogens (tertiary/aromatic N) is 4. The predicted octanol–water partition coefficient (Wildman–Crippen LogP) is 9.11. The van der Waals surface area contributed by atoms with Crippen LogP contribution >= 0.6 is 0 Å². The van der Waals surface area contributed by atoms with Crippen LogP contribution in [0.2, 0.25) is 0 Å². The summed E-state index contributed by atoms with van der Waals surface area (Å²) in [6.07, 6.45) is 18.9. The molecule has 2 heterocycles. The summed E-state index contributed by atoms with van der Waals surface area (Å²) in [5.74, 6) is 1.45. The second-order valence-corrected chi connectivity index (χ2v) is 12.6. The predicted molar refractivity (Wildman–Crippen MR) is 157 cm³/mol. The molecule has 2 aromatic carbocycles. The number of carbonyl (C=O) groups is 1. The number of para-hydroxylation sites is 1. The zero-order chi connectivity index (χ0) is 26.4. The van der Waals surface area contributed by atoms with Crippen molar-refractivity contribution in [3.05, 3.63) is 65.2 Å². The molecule has 2 atom stereocenters. The van der Waals surface area contributed by atoms with Gasteiger partial charge in [0.25, 0.3) is 0 Å². The lowest BCUT2D eigenvalue weighted by Crippen LogP contribution is -2.36. The number of fused-ring (bicyclic) bond motifs is 5. The molecule has 5 nitrogen and oxygen atoms in total. The minimum atomic E-state index is -0.0892. The summed E-state index contributed by atoms with van der Waals surface area (Å²) in [6, 6.07) is 17.3. The number of hydrogen-bond donors (Lipinski definition) is 0. The van der Waals surface area contributed by atoms with E-state index in [4.69, 9.17) is 10.3 Å². The Bertz CT molecular complexity index is 1130. The molecule has 2 saturated carbocycles. The third-order valence-corrected chi connectivity index (χ3v) is 9.82. The number of amides is 1. The van der Waals surface area contributed by atoms with Gasteiger partial charge in [-0.3, -0.25) is 9.80 Å². The van der Waals surface area contributed by atoms with E-state index < -0.39 is 0 Å². The van der Waals surface area contributed by atoms with E-state index >= 15 is 0 Å². The van der Waals surface area contributed by atoms with Crippen molar-refractivity contribution < 1.29 is 4.79 Å². The van der Waals surface area contributed by atoms with Gasteiger partial charge in [0.1, 0.15) is 12.1 Å². The summed E-state index contributed by atoms with van der Waals surface area (Å²) in [6.45, 7) is 1.60. The molecule has 0 bridgehead atoms. The first kappa shape index (κ1) is 26.5. The van der Waals surface area contributed by atoms with Gasteiger partial charge < -0.3 is 4.90 Å². The maximum atomic E-state index is 14.1. The quantitative estimate of drug-likeness (QED) is 0.373. The second-order valence-electron chi connectivity index (χ2n) is 12.6. The van der Waals surface area contributed by atoms with Gasteiger partial charge in [0.2, 0.25) is 5.91 Å². The van der Waals surface area contributed by atoms with E-state index in [1.54, 1.807) is 0 Å². The third-order valence-electron chi connectivity index (χ3n) is 9.82. The normalized spacial score (nSPS) is 24.8. The lowest BCUT2D eigenvalue weighted by atomic mass is 9.86. The Balaban J connectivity index is 1.30. The van der Waals surface area contributed by atoms with Gasteiger partial charge in [0.15, 0.2) is 0 Å². The minimum absolute atomic E-state index is 0.0892. The highest BCUT2D eigenvalue weighted by atomic mass is 16.2. The largest absolute Gasteiger partial charge is 0.308 e. The molecule has 0 spiro atoms. The number of hydrogen-bond acceptors (Lipinski definition) is 4. The van der Waals surface area contributed by atoms with Crippen LogP contribution < -0.4 is 4.90 Å². The fraction of sp³-hybridized carbons (Fsp3) is 0.618. The maximum Gasteiger partial charge on any atom is 0.227 e. The molecular weight excluding hydrogens is 480 g/mol. The first-order valence-corrected chi connectivity index (χ1v) is 15.9. The van der Waals surface area contributed by atoms with Crippen LogP contribution in [0.5, 0.6) is 0 Å². The van der Waals surface area contributed by atoms with Gasteiger partial charge in [-0.15, -0.1) is 0 Å². The third kappa shape index (κ3) is 6.07. The molecule has 6 rings (SSSR count). The average molecular weight is 527 g/mol. The fourth-order valence-electron chi connectivity index (χ4n) is 7.63. The lowest BCUT2D eigenvalue weighted by Gasteiger charge is -2.36. The van der Waals surface area contributed by atoms with Crippen molar-refractivity contribution in [2.75, 3.05) is 11.4 Å². The molecular formula is C34H46N4O. The van der Waals surface area contributed by atoms with E-state index in [0.29, 0.717) is 24.8 Å². The van der Waals surface area contributed by atoms with E-state index in [-0.39, 0.29) is 18.0 Å². The molecule has 2 aliphatic heterocycles. The Labute approximate surface area is 235 Å². The average Bonchev–Trinajstić information content (AvgIpc) is 3.25. The van der Waals surface area contributed by atoms with E-state index in [9.17, 15) is 4.79 Å². The van der Waals surface area contributed by atoms with Gasteiger partial charge in [0.05, 0.1) is 6.54 Å². The molecule has 2 unspecified atom stereocenters. The number of rotatable bonds is 4. The Hall–Kier alpha value is -2.69. The van der Waals surface area contributed by atoms with E-state index in [1.807, 2.05) is 0 Å². The van der Waals surface area contributed by atoms with Gasteiger partial charge in [0, 0.05) is 24.2 Å². The zero-order valence-electron chi connectivity index (χ0n) is 23.6. The van der Waals surface area contributed by atoms with E-state index in [2.05, 4.69) is 58.4 Å². The molecule has 4 aliphatic rings. The maximum absolute atomic E-state index is 14.1. The Morgan fingerprint density at radius 2 is 1.31 bits per heavy atom. The van der Waals surface area contributed by atoms with Crippen LogP contribution in [0.3, 0.4) is 0 Å². The summed E-state index contributed by atoms with van der Waals surface area (Å²) >= 11 is 0. The van der Waals surface area contributed by atoms with Crippen molar-refractivity contribution in [3.8, 4) is 0 Å². The van der Waals surface area contributed by atoms with Gasteiger partial charge in [-0.05, 0) is 54.7 Å². The van der Waals surface area contributed by atoms with Gasteiger partial charge in [-0.1, -0.05) is 112 Å². The molecule has 208 valence electrons. The number of benzene rings is 2. The standard InChI is InChI=1S/C34H46N4O/c39-32(23-26-15-7-3-1-2-4-8-16-26)37-25-28-19-11-12-20-29(28)34-33(30-21-13-14-22-31(30)37)35-36-38(34)24-27-17-9-5-6-10-18-27/h11-14,19-22,26-27,33-34H,1-10,15-18,23-25H2. The molecule has 2 aromatic rings. The van der Waals surface area contributed by atoms with Crippen molar-refractivity contribution in [1.29, 1.82) is 0 Å². The van der Waals surface area contributed by atoms with Crippen LogP contribution in [0.4, 0.5) is 5.69 Å². The molecule has 0 saturated heterocycles. The van der Waals surface area contributed by atoms with Crippen molar-refractivity contribution in [2.24, 2.45) is 22.2 Å². The van der Waals surface area contributed by atoms with Crippen LogP contribution in [0.25, 0.3) is 0 Å². The highest BCUT2D eigenvalue weighted by Gasteiger charge is 2.41. The second kappa shape index (κ2) is 12.7. The molecule has 39 heavy (non-hydrogen) atoms. The topological polar surface area (TPSA) is 48.3 Å². The van der Waals surface area contributed by atoms with Crippen molar-refractivity contribution in [3.63, 3.8) is 0 Å². The monoisotopic (exact) mass is 526 g/mol. The molecule has 0 N–H and O–H groups in total. The summed E-state index contributed by atoms with van der Waals surface area (Å²) in [5, 5.41) is 12.1. The van der Waals surface area contributed by atoms with Crippen LogP contribution in [0, 0.1) is 11.8 Å². The van der Waals surface area contributed by atoms with Crippen LogP contribution in [-0.4, -0.2) is 17.5 Å². The molecule has 0 aromatic heterocycles. The first-order valence-electron chi connectivity index (χ1n) is 15.9. The van der Waals surface area contributed by atoms with Crippen LogP contribution in [0.15, 0.2) is 58.9 Å². The van der Waals surface area contributed by atoms with E-state index in [1.165, 1.54) is 101 Å². The minimum Gasteiger partial charge on any atom is -0.308 e. The number of anilines is 1. The van der Waals surface area contributed by atoms with Crippen LogP contribution in [0.1, 0.15) is 125 Å². The zero-order valence-corrected chi connectivity index (χ0v) is 23.6. The van der Waals surface area contributed by atoms with Crippen molar-refractivity contribution >= 4 is 11.6 Å². The fourth-order valence-corrected chi connectivity index (χ4v) is 7.63. The highest BCUT2D eigenvalue weighted by Crippen LogP contribution is 2.48. The molecule has 0 radical (unpaired) electrons. The summed E-state index contributed by atoms with van der Waals surface area (Å²) in [5.41, 5.74) is 4.70. The summed E-state index contributed by atoms with van der Waals surface area (Å²) in [4.78, 5) is 16.2. The molecule has 1 amide bonds. The Kier molecular flexibility index (Phi) is 8.61. The molecule has 2 fully saturated rings. The van der Waals surface area contributed by atoms with Crippen LogP contribution in [-0.2, 0) is 11.3 Å². The van der Waals surface area contributed by atoms with Crippen molar-refractivity contribution in [2.45, 2.75) is 115 Å². The molecule has 2 aliphatic carbocycles. The highest BCUT2D eigenvalue weighted by molar-refractivity contribution is 5.94. The Morgan fingerprint density at radius 3 is 2.03 bits per heavy atom. The van der Waals surface area contributed by atoms with Gasteiger partial charge in [-0.2, -0.15) is 5.11 Å².